The number of rotatable bonds is 2. The fourth-order valence-electron chi connectivity index (χ4n) is 1.84. The third-order valence-electron chi connectivity index (χ3n) is 2.69. The number of hydrogen-bond donors (Lipinski definition) is 0. The van der Waals surface area contributed by atoms with Crippen molar-refractivity contribution in [1.82, 2.24) is 14.9 Å². The Labute approximate surface area is 89.3 Å². The second-order valence-corrected chi connectivity index (χ2v) is 3.81. The average Bonchev–Trinajstić information content (AvgIpc) is 2.29. The second kappa shape index (κ2) is 4.38. The second-order valence-electron chi connectivity index (χ2n) is 3.81. The van der Waals surface area contributed by atoms with E-state index in [1.54, 1.807) is 6.33 Å². The molecule has 0 atom stereocenters. The molecule has 0 aromatic carbocycles. The predicted octanol–water partition coefficient (Wildman–Crippen LogP) is 1.16. The molecule has 80 valence electrons. The van der Waals surface area contributed by atoms with Crippen molar-refractivity contribution in [3.05, 3.63) is 23.8 Å². The van der Waals surface area contributed by atoms with Crippen molar-refractivity contribution in [2.75, 3.05) is 6.54 Å². The largest absolute Gasteiger partial charge is 0.336 e. The van der Waals surface area contributed by atoms with Crippen molar-refractivity contribution in [3.63, 3.8) is 0 Å². The number of aromatic nitrogens is 2. The first-order valence-corrected chi connectivity index (χ1v) is 5.36. The smallest absolute Gasteiger partial charge is 0.222 e. The summed E-state index contributed by atoms with van der Waals surface area (Å²) in [5.74, 6) is 0.238. The van der Waals surface area contributed by atoms with Crippen LogP contribution in [0.15, 0.2) is 12.5 Å². The highest BCUT2D eigenvalue weighted by molar-refractivity contribution is 5.76. The molecule has 0 saturated carbocycles. The van der Waals surface area contributed by atoms with E-state index in [2.05, 4.69) is 9.97 Å². The number of amides is 1. The lowest BCUT2D eigenvalue weighted by atomic mass is 10.1. The normalized spacial score (nSPS) is 14.9. The lowest BCUT2D eigenvalue weighted by Gasteiger charge is -2.27. The van der Waals surface area contributed by atoms with E-state index in [9.17, 15) is 4.79 Å². The van der Waals surface area contributed by atoms with Gasteiger partial charge in [0.25, 0.3) is 0 Å². The standard InChI is InChI=1S/C11H15N3O/c1-2-3-11(15)14-5-4-9-6-12-8-13-10(9)7-14/h6,8H,2-5,7H2,1H3. The molecule has 4 heteroatoms. The minimum atomic E-state index is 0.238. The summed E-state index contributed by atoms with van der Waals surface area (Å²) in [5.41, 5.74) is 2.18. The third kappa shape index (κ3) is 2.14. The highest BCUT2D eigenvalue weighted by Crippen LogP contribution is 2.16. The third-order valence-corrected chi connectivity index (χ3v) is 2.69. The van der Waals surface area contributed by atoms with E-state index in [1.807, 2.05) is 18.0 Å². The van der Waals surface area contributed by atoms with Crippen molar-refractivity contribution in [2.24, 2.45) is 0 Å². The Hall–Kier alpha value is -1.45. The Balaban J connectivity index is 2.08. The molecular formula is C11H15N3O. The van der Waals surface area contributed by atoms with Crippen LogP contribution >= 0.6 is 0 Å². The van der Waals surface area contributed by atoms with Gasteiger partial charge in [0.15, 0.2) is 0 Å². The molecule has 0 fully saturated rings. The van der Waals surface area contributed by atoms with Crippen LogP contribution < -0.4 is 0 Å². The van der Waals surface area contributed by atoms with Gasteiger partial charge in [0, 0.05) is 19.2 Å². The molecule has 0 unspecified atom stereocenters. The van der Waals surface area contributed by atoms with Crippen LogP contribution in [0.25, 0.3) is 0 Å². The van der Waals surface area contributed by atoms with Gasteiger partial charge in [-0.25, -0.2) is 9.97 Å². The molecule has 1 aromatic rings. The van der Waals surface area contributed by atoms with Gasteiger partial charge in [-0.3, -0.25) is 4.79 Å². The Morgan fingerprint density at radius 2 is 2.47 bits per heavy atom. The number of hydrogen-bond acceptors (Lipinski definition) is 3. The fourth-order valence-corrected chi connectivity index (χ4v) is 1.84. The van der Waals surface area contributed by atoms with Gasteiger partial charge in [0.1, 0.15) is 6.33 Å². The van der Waals surface area contributed by atoms with Gasteiger partial charge in [0.05, 0.1) is 12.2 Å². The summed E-state index contributed by atoms with van der Waals surface area (Å²) in [5, 5.41) is 0. The summed E-state index contributed by atoms with van der Waals surface area (Å²) in [6, 6.07) is 0. The molecule has 0 bridgehead atoms. The van der Waals surface area contributed by atoms with Gasteiger partial charge in [-0.15, -0.1) is 0 Å². The quantitative estimate of drug-likeness (QED) is 0.728. The fraction of sp³-hybridized carbons (Fsp3) is 0.545. The van der Waals surface area contributed by atoms with Gasteiger partial charge in [0.2, 0.25) is 5.91 Å². The van der Waals surface area contributed by atoms with Crippen LogP contribution in [-0.4, -0.2) is 27.3 Å². The van der Waals surface area contributed by atoms with E-state index in [-0.39, 0.29) is 5.91 Å². The van der Waals surface area contributed by atoms with E-state index in [4.69, 9.17) is 0 Å². The molecule has 2 heterocycles. The van der Waals surface area contributed by atoms with E-state index in [1.165, 1.54) is 5.56 Å². The molecular weight excluding hydrogens is 190 g/mol. The SMILES string of the molecule is CCCC(=O)N1CCc2cncnc2C1. The van der Waals surface area contributed by atoms with Gasteiger partial charge >= 0.3 is 0 Å². The van der Waals surface area contributed by atoms with Crippen molar-refractivity contribution in [1.29, 1.82) is 0 Å². The summed E-state index contributed by atoms with van der Waals surface area (Å²) in [4.78, 5) is 21.8. The van der Waals surface area contributed by atoms with Gasteiger partial charge in [-0.1, -0.05) is 6.92 Å². The molecule has 15 heavy (non-hydrogen) atoms. The van der Waals surface area contributed by atoms with Crippen LogP contribution in [0.3, 0.4) is 0 Å². The van der Waals surface area contributed by atoms with Crippen LogP contribution in [0.1, 0.15) is 31.0 Å². The Morgan fingerprint density at radius 3 is 3.27 bits per heavy atom. The van der Waals surface area contributed by atoms with Crippen LogP contribution in [0.4, 0.5) is 0 Å². The Kier molecular flexibility index (Phi) is 2.94. The number of nitrogens with zero attached hydrogens (tertiary/aromatic N) is 3. The molecule has 0 radical (unpaired) electrons. The summed E-state index contributed by atoms with van der Waals surface area (Å²) in [6.45, 7) is 3.48. The zero-order valence-electron chi connectivity index (χ0n) is 8.94. The topological polar surface area (TPSA) is 46.1 Å². The molecule has 1 aromatic heterocycles. The lowest BCUT2D eigenvalue weighted by Crippen LogP contribution is -2.36. The molecule has 0 spiro atoms. The minimum absolute atomic E-state index is 0.238. The van der Waals surface area contributed by atoms with Crippen LogP contribution in [0.5, 0.6) is 0 Å². The molecule has 0 saturated heterocycles. The minimum Gasteiger partial charge on any atom is -0.336 e. The van der Waals surface area contributed by atoms with Gasteiger partial charge in [-0.2, -0.15) is 0 Å². The highest BCUT2D eigenvalue weighted by Gasteiger charge is 2.20. The molecule has 1 amide bonds. The zero-order chi connectivity index (χ0) is 10.7. The Bertz CT molecular complexity index is 365. The maximum atomic E-state index is 11.7. The average molecular weight is 205 g/mol. The van der Waals surface area contributed by atoms with Crippen LogP contribution in [0.2, 0.25) is 0 Å². The molecule has 2 rings (SSSR count). The van der Waals surface area contributed by atoms with Gasteiger partial charge in [-0.05, 0) is 18.4 Å². The van der Waals surface area contributed by atoms with Crippen molar-refractivity contribution >= 4 is 5.91 Å². The lowest BCUT2D eigenvalue weighted by molar-refractivity contribution is -0.132. The zero-order valence-corrected chi connectivity index (χ0v) is 8.94. The van der Waals surface area contributed by atoms with Gasteiger partial charge < -0.3 is 4.90 Å². The number of carbonyl (C=O) groups is 1. The number of carbonyl (C=O) groups excluding carboxylic acids is 1. The molecule has 1 aliphatic heterocycles. The first kappa shape index (κ1) is 10.1. The summed E-state index contributed by atoms with van der Waals surface area (Å²) in [7, 11) is 0. The van der Waals surface area contributed by atoms with E-state index in [0.717, 1.165) is 25.1 Å². The maximum absolute atomic E-state index is 11.7. The van der Waals surface area contributed by atoms with Crippen molar-refractivity contribution in [3.8, 4) is 0 Å². The van der Waals surface area contributed by atoms with Crippen molar-refractivity contribution in [2.45, 2.75) is 32.7 Å². The first-order valence-electron chi connectivity index (χ1n) is 5.36. The first-order chi connectivity index (χ1) is 7.31. The molecule has 0 aliphatic carbocycles. The molecule has 4 nitrogen and oxygen atoms in total. The maximum Gasteiger partial charge on any atom is 0.222 e. The number of fused-ring (bicyclic) bond motifs is 1. The van der Waals surface area contributed by atoms with E-state index < -0.39 is 0 Å². The summed E-state index contributed by atoms with van der Waals surface area (Å²) >= 11 is 0. The summed E-state index contributed by atoms with van der Waals surface area (Å²) < 4.78 is 0. The van der Waals surface area contributed by atoms with Crippen molar-refractivity contribution < 1.29 is 4.79 Å². The van der Waals surface area contributed by atoms with Crippen LogP contribution in [0, 0.1) is 0 Å². The summed E-state index contributed by atoms with van der Waals surface area (Å²) in [6.07, 6.45) is 5.83. The molecule has 1 aliphatic rings. The van der Waals surface area contributed by atoms with E-state index >= 15 is 0 Å². The van der Waals surface area contributed by atoms with Crippen LogP contribution in [-0.2, 0) is 17.8 Å². The Morgan fingerprint density at radius 1 is 1.60 bits per heavy atom. The highest BCUT2D eigenvalue weighted by atomic mass is 16.2. The van der Waals surface area contributed by atoms with E-state index in [0.29, 0.717) is 13.0 Å². The monoisotopic (exact) mass is 205 g/mol. The molecule has 0 N–H and O–H groups in total. The predicted molar refractivity (Wildman–Crippen MR) is 56.1 cm³/mol.